The van der Waals surface area contributed by atoms with Gasteiger partial charge in [-0.2, -0.15) is 10.2 Å². The van der Waals surface area contributed by atoms with Crippen molar-refractivity contribution in [1.82, 2.24) is 15.2 Å². The van der Waals surface area contributed by atoms with E-state index in [4.69, 9.17) is 0 Å². The van der Waals surface area contributed by atoms with Crippen LogP contribution in [0.3, 0.4) is 0 Å². The number of hydrogen-bond acceptors (Lipinski definition) is 3. The van der Waals surface area contributed by atoms with Gasteiger partial charge < -0.3 is 0 Å². The number of aromatic nitrogens is 2. The average Bonchev–Trinajstić information content (AvgIpc) is 3.10. The van der Waals surface area contributed by atoms with E-state index in [1.807, 2.05) is 37.3 Å². The van der Waals surface area contributed by atoms with Crippen molar-refractivity contribution in [3.05, 3.63) is 91.6 Å². The minimum atomic E-state index is -0.369. The Bertz CT molecular complexity index is 1100. The molecule has 1 heterocycles. The first-order chi connectivity index (χ1) is 14.8. The van der Waals surface area contributed by atoms with Gasteiger partial charge in [0.25, 0.3) is 5.91 Å². The van der Waals surface area contributed by atoms with E-state index in [-0.39, 0.29) is 5.91 Å². The summed E-state index contributed by atoms with van der Waals surface area (Å²) in [6.45, 7) is 6.86. The summed E-state index contributed by atoms with van der Waals surface area (Å²) in [5.41, 5.74) is 7.25. The second-order valence-electron chi connectivity index (χ2n) is 7.56. The summed E-state index contributed by atoms with van der Waals surface area (Å²) < 4.78 is 3.36. The third-order valence-corrected chi connectivity index (χ3v) is 5.73. The van der Waals surface area contributed by atoms with Gasteiger partial charge in [-0.05, 0) is 63.2 Å². The van der Waals surface area contributed by atoms with Crippen molar-refractivity contribution in [3.8, 4) is 0 Å². The summed E-state index contributed by atoms with van der Waals surface area (Å²) in [6.07, 6.45) is 5.43. The zero-order valence-corrected chi connectivity index (χ0v) is 20.8. The fraction of sp³-hybridized carbons (Fsp3) is 0.208. The smallest absolute Gasteiger partial charge is 0.266 e. The number of allylic oxidation sites excluding steroid dienone is 1. The van der Waals surface area contributed by atoms with Crippen LogP contribution in [-0.2, 0) is 6.54 Å². The molecular formula is C24H24Br2N4O. The maximum absolute atomic E-state index is 12.5. The molecule has 3 aromatic rings. The number of carbonyl (C=O) groups excluding carboxylic acids is 1. The molecule has 0 bridgehead atoms. The van der Waals surface area contributed by atoms with Crippen molar-refractivity contribution in [2.75, 3.05) is 0 Å². The Morgan fingerprint density at radius 3 is 2.45 bits per heavy atom. The third kappa shape index (κ3) is 6.74. The van der Waals surface area contributed by atoms with Crippen LogP contribution in [0.1, 0.15) is 53.9 Å². The highest BCUT2D eigenvalue weighted by molar-refractivity contribution is 9.10. The van der Waals surface area contributed by atoms with Crippen molar-refractivity contribution in [2.45, 2.75) is 33.2 Å². The Morgan fingerprint density at radius 2 is 1.81 bits per heavy atom. The predicted molar refractivity (Wildman–Crippen MR) is 133 cm³/mol. The van der Waals surface area contributed by atoms with Crippen LogP contribution < -0.4 is 5.43 Å². The van der Waals surface area contributed by atoms with E-state index in [0.29, 0.717) is 22.6 Å². The molecule has 0 aliphatic rings. The molecule has 160 valence electrons. The molecule has 31 heavy (non-hydrogen) atoms. The van der Waals surface area contributed by atoms with Crippen molar-refractivity contribution < 1.29 is 4.79 Å². The Kier molecular flexibility index (Phi) is 7.98. The summed E-state index contributed by atoms with van der Waals surface area (Å²) in [5, 5.41) is 8.44. The molecule has 3 rings (SSSR count). The highest BCUT2D eigenvalue weighted by Crippen LogP contribution is 2.18. The van der Waals surface area contributed by atoms with E-state index in [1.54, 1.807) is 17.1 Å². The van der Waals surface area contributed by atoms with Gasteiger partial charge in [-0.3, -0.25) is 9.48 Å². The van der Waals surface area contributed by atoms with Gasteiger partial charge in [0.05, 0.1) is 17.2 Å². The normalized spacial score (nSPS) is 12.0. The van der Waals surface area contributed by atoms with E-state index in [1.165, 1.54) is 5.56 Å². The van der Waals surface area contributed by atoms with Gasteiger partial charge in [0.1, 0.15) is 0 Å². The number of benzene rings is 2. The minimum Gasteiger partial charge on any atom is -0.266 e. The van der Waals surface area contributed by atoms with Gasteiger partial charge in [-0.15, -0.1) is 0 Å². The average molecular weight is 544 g/mol. The molecule has 0 saturated carbocycles. The fourth-order valence-corrected chi connectivity index (χ4v) is 3.69. The molecule has 2 aromatic carbocycles. The Morgan fingerprint density at radius 1 is 1.13 bits per heavy atom. The van der Waals surface area contributed by atoms with Crippen LogP contribution in [0.25, 0.3) is 6.08 Å². The van der Waals surface area contributed by atoms with Crippen LogP contribution in [0.4, 0.5) is 0 Å². The van der Waals surface area contributed by atoms with Crippen LogP contribution in [0.5, 0.6) is 0 Å². The molecule has 0 radical (unpaired) electrons. The van der Waals surface area contributed by atoms with Gasteiger partial charge in [0, 0.05) is 10.7 Å². The summed E-state index contributed by atoms with van der Waals surface area (Å²) in [4.78, 5) is 12.5. The van der Waals surface area contributed by atoms with E-state index in [9.17, 15) is 4.79 Å². The first-order valence-electron chi connectivity index (χ1n) is 9.91. The monoisotopic (exact) mass is 542 g/mol. The zero-order chi connectivity index (χ0) is 22.4. The van der Waals surface area contributed by atoms with Crippen LogP contribution in [-0.4, -0.2) is 21.9 Å². The Hall–Kier alpha value is -2.51. The quantitative estimate of drug-likeness (QED) is 0.277. The summed E-state index contributed by atoms with van der Waals surface area (Å²) >= 11 is 6.83. The molecule has 0 saturated heterocycles. The van der Waals surface area contributed by atoms with E-state index in [0.717, 1.165) is 21.2 Å². The van der Waals surface area contributed by atoms with Crippen molar-refractivity contribution in [1.29, 1.82) is 0 Å². The molecule has 0 aliphatic carbocycles. The number of hydrogen-bond donors (Lipinski definition) is 1. The minimum absolute atomic E-state index is 0.292. The Labute approximate surface area is 199 Å². The van der Waals surface area contributed by atoms with Crippen LogP contribution in [0.2, 0.25) is 0 Å². The topological polar surface area (TPSA) is 59.3 Å². The van der Waals surface area contributed by atoms with E-state index >= 15 is 0 Å². The number of rotatable bonds is 7. The van der Waals surface area contributed by atoms with Gasteiger partial charge >= 0.3 is 0 Å². The molecule has 1 aromatic heterocycles. The molecule has 0 fully saturated rings. The van der Waals surface area contributed by atoms with Crippen molar-refractivity contribution >= 4 is 50.1 Å². The van der Waals surface area contributed by atoms with Gasteiger partial charge in [-0.25, -0.2) is 5.43 Å². The van der Waals surface area contributed by atoms with Crippen molar-refractivity contribution in [3.63, 3.8) is 0 Å². The van der Waals surface area contributed by atoms with Crippen LogP contribution in [0, 0.1) is 0 Å². The predicted octanol–water partition coefficient (Wildman–Crippen LogP) is 6.40. The molecule has 0 aliphatic heterocycles. The number of nitrogens with one attached hydrogen (secondary N) is 1. The second kappa shape index (κ2) is 10.7. The molecule has 1 amide bonds. The third-order valence-electron chi connectivity index (χ3n) is 4.62. The summed E-state index contributed by atoms with van der Waals surface area (Å²) in [6, 6.07) is 16.4. The molecule has 1 N–H and O–H groups in total. The standard InChI is InChI=1S/C24H24Br2N4O/c1-16(2)20-8-4-18(5-9-20)12-17(3)13-27-28-24(31)23-22(26)15-30(29-23)14-19-6-10-21(25)11-7-19/h4-13,15-16H,14H2,1-3H3,(H,28,31). The maximum atomic E-state index is 12.5. The SMILES string of the molecule is CC(C=NNC(=O)c1nn(Cc2ccc(Br)cc2)cc1Br)=Cc1ccc(C(C)C)cc1. The first kappa shape index (κ1) is 23.2. The summed E-state index contributed by atoms with van der Waals surface area (Å²) in [5.74, 6) is 0.139. The zero-order valence-electron chi connectivity index (χ0n) is 17.6. The number of nitrogens with zero attached hydrogens (tertiary/aromatic N) is 3. The van der Waals surface area contributed by atoms with Crippen LogP contribution >= 0.6 is 31.9 Å². The molecular weight excluding hydrogens is 520 g/mol. The van der Waals surface area contributed by atoms with Crippen molar-refractivity contribution in [2.24, 2.45) is 5.10 Å². The molecule has 0 atom stereocenters. The molecule has 0 spiro atoms. The largest absolute Gasteiger partial charge is 0.293 e. The van der Waals surface area contributed by atoms with Gasteiger partial charge in [0.15, 0.2) is 5.69 Å². The number of amides is 1. The number of carbonyl (C=O) groups is 1. The van der Waals surface area contributed by atoms with Gasteiger partial charge in [-0.1, -0.05) is 72.3 Å². The molecule has 7 heteroatoms. The van der Waals surface area contributed by atoms with Crippen LogP contribution in [0.15, 0.2) is 74.3 Å². The number of hydrazone groups is 1. The molecule has 0 unspecified atom stereocenters. The lowest BCUT2D eigenvalue weighted by Crippen LogP contribution is -2.19. The fourth-order valence-electron chi connectivity index (χ4n) is 2.93. The highest BCUT2D eigenvalue weighted by atomic mass is 79.9. The molecule has 5 nitrogen and oxygen atoms in total. The summed E-state index contributed by atoms with van der Waals surface area (Å²) in [7, 11) is 0. The second-order valence-corrected chi connectivity index (χ2v) is 9.33. The highest BCUT2D eigenvalue weighted by Gasteiger charge is 2.14. The number of halogens is 2. The first-order valence-corrected chi connectivity index (χ1v) is 11.5. The lowest BCUT2D eigenvalue weighted by Gasteiger charge is -2.05. The lowest BCUT2D eigenvalue weighted by molar-refractivity contribution is 0.0948. The van der Waals surface area contributed by atoms with Gasteiger partial charge in [0.2, 0.25) is 0 Å². The van der Waals surface area contributed by atoms with E-state index in [2.05, 4.69) is 85.6 Å². The Balaban J connectivity index is 1.60. The van der Waals surface area contributed by atoms with E-state index < -0.39 is 0 Å². The lowest BCUT2D eigenvalue weighted by atomic mass is 10.0. The maximum Gasteiger partial charge on any atom is 0.293 e.